The molecule has 1 fully saturated rings. The molecule has 0 unspecified atom stereocenters. The number of nitrogens with one attached hydrogen (secondary N) is 2. The Hall–Kier alpha value is -2.25. The molecule has 2 heterocycles. The second-order valence-electron chi connectivity index (χ2n) is 5.40. The van der Waals surface area contributed by atoms with Crippen molar-refractivity contribution in [2.75, 3.05) is 5.32 Å². The largest absolute Gasteiger partial charge is 0.321 e. The van der Waals surface area contributed by atoms with Crippen molar-refractivity contribution in [1.29, 1.82) is 0 Å². The second-order valence-corrected chi connectivity index (χ2v) is 6.76. The molecule has 23 heavy (non-hydrogen) atoms. The third-order valence-corrected chi connectivity index (χ3v) is 4.66. The number of H-pyrrole nitrogens is 1. The first-order valence-electron chi connectivity index (χ1n) is 7.15. The van der Waals surface area contributed by atoms with Crippen molar-refractivity contribution in [1.82, 2.24) is 19.8 Å². The van der Waals surface area contributed by atoms with E-state index in [9.17, 15) is 4.79 Å². The number of hydrogen-bond acceptors (Lipinski definition) is 5. The van der Waals surface area contributed by atoms with Crippen LogP contribution in [-0.2, 0) is 0 Å². The first kappa shape index (κ1) is 14.3. The average molecular weight is 346 g/mol. The maximum absolute atomic E-state index is 12.5. The van der Waals surface area contributed by atoms with Gasteiger partial charge in [-0.1, -0.05) is 28.2 Å². The van der Waals surface area contributed by atoms with Crippen molar-refractivity contribution in [3.05, 3.63) is 46.1 Å². The molecule has 1 aromatic carbocycles. The first-order valence-corrected chi connectivity index (χ1v) is 8.30. The number of halogens is 1. The van der Waals surface area contributed by atoms with Gasteiger partial charge in [-0.05, 0) is 30.9 Å². The van der Waals surface area contributed by atoms with E-state index in [-0.39, 0.29) is 5.91 Å². The summed E-state index contributed by atoms with van der Waals surface area (Å²) < 4.78 is 4.35. The molecule has 2 N–H and O–H groups in total. The third kappa shape index (κ3) is 2.85. The van der Waals surface area contributed by atoms with Gasteiger partial charge in [-0.15, -0.1) is 5.10 Å². The van der Waals surface area contributed by atoms with Crippen LogP contribution in [0.3, 0.4) is 0 Å². The Morgan fingerprint density at radius 2 is 2.26 bits per heavy atom. The fourth-order valence-electron chi connectivity index (χ4n) is 2.47. The number of hydrogen-bond donors (Lipinski definition) is 2. The fraction of sp³-hybridized carbons (Fsp3) is 0.200. The third-order valence-electron chi connectivity index (χ3n) is 3.75. The van der Waals surface area contributed by atoms with E-state index in [2.05, 4.69) is 25.1 Å². The summed E-state index contributed by atoms with van der Waals surface area (Å²) in [6.07, 6.45) is 3.97. The van der Waals surface area contributed by atoms with Gasteiger partial charge >= 0.3 is 0 Å². The van der Waals surface area contributed by atoms with Gasteiger partial charge < -0.3 is 5.32 Å². The van der Waals surface area contributed by atoms with Crippen LogP contribution in [-0.4, -0.2) is 25.7 Å². The minimum atomic E-state index is -0.191. The van der Waals surface area contributed by atoms with Crippen molar-refractivity contribution >= 4 is 34.7 Å². The van der Waals surface area contributed by atoms with Gasteiger partial charge in [0.15, 0.2) is 0 Å². The number of aromatic nitrogens is 4. The summed E-state index contributed by atoms with van der Waals surface area (Å²) in [5, 5.41) is 13.7. The molecule has 0 atom stereocenters. The summed E-state index contributed by atoms with van der Waals surface area (Å²) in [5.74, 6) is 0.268. The first-order chi connectivity index (χ1) is 11.2. The molecule has 0 saturated heterocycles. The highest BCUT2D eigenvalue weighted by Crippen LogP contribution is 2.41. The summed E-state index contributed by atoms with van der Waals surface area (Å²) in [6.45, 7) is 0. The number of aromatic amines is 1. The van der Waals surface area contributed by atoms with E-state index in [4.69, 9.17) is 11.6 Å². The predicted octanol–water partition coefficient (Wildman–Crippen LogP) is 3.71. The van der Waals surface area contributed by atoms with Crippen LogP contribution in [0.4, 0.5) is 5.69 Å². The molecular weight excluding hydrogens is 334 g/mol. The lowest BCUT2D eigenvalue weighted by Crippen LogP contribution is -2.14. The van der Waals surface area contributed by atoms with E-state index in [1.165, 1.54) is 0 Å². The standard InChI is InChI=1S/C15H12ClN5OS/c16-14-12(20-21-23-14)9-2-1-3-10(6-9)18-15(22)13-11(7-17-19-13)8-4-5-8/h1-3,6-8H,4-5H2,(H,17,19)(H,18,22). The molecular formula is C15H12ClN5OS. The summed E-state index contributed by atoms with van der Waals surface area (Å²) in [7, 11) is 0. The molecule has 0 radical (unpaired) electrons. The number of amides is 1. The molecule has 116 valence electrons. The zero-order chi connectivity index (χ0) is 15.8. The summed E-state index contributed by atoms with van der Waals surface area (Å²) in [5.41, 5.74) is 3.63. The van der Waals surface area contributed by atoms with Gasteiger partial charge in [-0.3, -0.25) is 9.89 Å². The Morgan fingerprint density at radius 1 is 1.39 bits per heavy atom. The quantitative estimate of drug-likeness (QED) is 0.755. The molecule has 2 aromatic heterocycles. The maximum atomic E-state index is 12.5. The number of carbonyl (C=O) groups excluding carboxylic acids is 1. The van der Waals surface area contributed by atoms with Crippen molar-refractivity contribution < 1.29 is 4.79 Å². The Bertz CT molecular complexity index is 870. The lowest BCUT2D eigenvalue weighted by atomic mass is 10.1. The van der Waals surface area contributed by atoms with Crippen molar-refractivity contribution in [2.24, 2.45) is 0 Å². The number of nitrogens with zero attached hydrogens (tertiary/aromatic N) is 3. The molecule has 1 saturated carbocycles. The van der Waals surface area contributed by atoms with Crippen LogP contribution in [0.15, 0.2) is 30.5 Å². The van der Waals surface area contributed by atoms with Crippen LogP contribution in [0, 0.1) is 0 Å². The number of benzene rings is 1. The summed E-state index contributed by atoms with van der Waals surface area (Å²) >= 11 is 7.20. The highest BCUT2D eigenvalue weighted by molar-refractivity contribution is 7.10. The predicted molar refractivity (Wildman–Crippen MR) is 88.9 cm³/mol. The van der Waals surface area contributed by atoms with Crippen molar-refractivity contribution in [3.63, 3.8) is 0 Å². The number of carbonyl (C=O) groups is 1. The zero-order valence-corrected chi connectivity index (χ0v) is 13.5. The van der Waals surface area contributed by atoms with Crippen LogP contribution >= 0.6 is 23.1 Å². The molecule has 0 aliphatic heterocycles. The van der Waals surface area contributed by atoms with Gasteiger partial charge in [0, 0.05) is 28.3 Å². The lowest BCUT2D eigenvalue weighted by molar-refractivity contribution is 0.102. The average Bonchev–Trinajstić information content (AvgIpc) is 3.11. The van der Waals surface area contributed by atoms with Crippen LogP contribution in [0.5, 0.6) is 0 Å². The normalized spacial score (nSPS) is 14.0. The van der Waals surface area contributed by atoms with Crippen molar-refractivity contribution in [3.8, 4) is 11.3 Å². The second kappa shape index (κ2) is 5.75. The molecule has 0 spiro atoms. The molecule has 3 aromatic rings. The Balaban J connectivity index is 1.58. The monoisotopic (exact) mass is 345 g/mol. The highest BCUT2D eigenvalue weighted by Gasteiger charge is 2.29. The van der Waals surface area contributed by atoms with Gasteiger partial charge in [0.1, 0.15) is 15.7 Å². The molecule has 0 bridgehead atoms. The van der Waals surface area contributed by atoms with Gasteiger partial charge in [0.25, 0.3) is 5.91 Å². The van der Waals surface area contributed by atoms with Gasteiger partial charge in [-0.2, -0.15) is 5.10 Å². The van der Waals surface area contributed by atoms with E-state index in [0.717, 1.165) is 35.5 Å². The van der Waals surface area contributed by atoms with Gasteiger partial charge in [0.05, 0.1) is 6.20 Å². The molecule has 1 aliphatic carbocycles. The van der Waals surface area contributed by atoms with Crippen molar-refractivity contribution in [2.45, 2.75) is 18.8 Å². The lowest BCUT2D eigenvalue weighted by Gasteiger charge is -2.07. The van der Waals surface area contributed by atoms with Gasteiger partial charge in [-0.25, -0.2) is 0 Å². The maximum Gasteiger partial charge on any atom is 0.273 e. The number of rotatable bonds is 4. The number of anilines is 1. The topological polar surface area (TPSA) is 83.6 Å². The van der Waals surface area contributed by atoms with E-state index in [1.54, 1.807) is 6.20 Å². The van der Waals surface area contributed by atoms with E-state index in [0.29, 0.717) is 27.3 Å². The summed E-state index contributed by atoms with van der Waals surface area (Å²) in [4.78, 5) is 12.5. The fourth-order valence-corrected chi connectivity index (χ4v) is 3.15. The zero-order valence-electron chi connectivity index (χ0n) is 11.9. The van der Waals surface area contributed by atoms with E-state index >= 15 is 0 Å². The molecule has 1 aliphatic rings. The minimum absolute atomic E-state index is 0.191. The van der Waals surface area contributed by atoms with E-state index < -0.39 is 0 Å². The highest BCUT2D eigenvalue weighted by atomic mass is 35.5. The SMILES string of the molecule is O=C(Nc1cccc(-c2nnsc2Cl)c1)c1[nH]ncc1C1CC1. The Morgan fingerprint density at radius 3 is 3.00 bits per heavy atom. The van der Waals surface area contributed by atoms with Crippen LogP contribution in [0.25, 0.3) is 11.3 Å². The molecule has 4 rings (SSSR count). The van der Waals surface area contributed by atoms with Gasteiger partial charge in [0.2, 0.25) is 0 Å². The summed E-state index contributed by atoms with van der Waals surface area (Å²) in [6, 6.07) is 7.37. The molecule has 6 nitrogen and oxygen atoms in total. The minimum Gasteiger partial charge on any atom is -0.321 e. The van der Waals surface area contributed by atoms with Crippen LogP contribution < -0.4 is 5.32 Å². The Kier molecular flexibility index (Phi) is 3.59. The Labute approximate surface area is 141 Å². The van der Waals surface area contributed by atoms with Crippen LogP contribution in [0.2, 0.25) is 4.34 Å². The molecule has 8 heteroatoms. The smallest absolute Gasteiger partial charge is 0.273 e. The van der Waals surface area contributed by atoms with Crippen LogP contribution in [0.1, 0.15) is 34.8 Å². The molecule has 1 amide bonds. The van der Waals surface area contributed by atoms with E-state index in [1.807, 2.05) is 24.3 Å².